The summed E-state index contributed by atoms with van der Waals surface area (Å²) in [6.07, 6.45) is 7.35. The highest BCUT2D eigenvalue weighted by Gasteiger charge is 2.33. The SMILES string of the molecule is CC.CN1CC2CCCCC2CC1N. The molecule has 84 valence electrons. The van der Waals surface area contributed by atoms with E-state index in [2.05, 4.69) is 11.9 Å². The van der Waals surface area contributed by atoms with Crippen LogP contribution in [-0.4, -0.2) is 24.7 Å². The zero-order chi connectivity index (χ0) is 10.6. The smallest absolute Gasteiger partial charge is 0.0572 e. The van der Waals surface area contributed by atoms with Crippen molar-refractivity contribution in [2.24, 2.45) is 17.6 Å². The lowest BCUT2D eigenvalue weighted by molar-refractivity contribution is 0.0599. The van der Waals surface area contributed by atoms with Gasteiger partial charge in [-0.15, -0.1) is 0 Å². The van der Waals surface area contributed by atoms with Crippen molar-refractivity contribution < 1.29 is 0 Å². The molecule has 2 fully saturated rings. The van der Waals surface area contributed by atoms with E-state index in [1.165, 1.54) is 38.6 Å². The van der Waals surface area contributed by atoms with Gasteiger partial charge in [-0.25, -0.2) is 0 Å². The van der Waals surface area contributed by atoms with Crippen molar-refractivity contribution in [2.45, 2.75) is 52.1 Å². The van der Waals surface area contributed by atoms with Gasteiger partial charge in [0.05, 0.1) is 6.17 Å². The molecule has 2 N–H and O–H groups in total. The summed E-state index contributed by atoms with van der Waals surface area (Å²) in [5.74, 6) is 1.91. The topological polar surface area (TPSA) is 29.3 Å². The molecule has 3 atom stereocenters. The zero-order valence-corrected chi connectivity index (χ0v) is 10.00. The number of hydrogen-bond donors (Lipinski definition) is 1. The van der Waals surface area contributed by atoms with E-state index in [9.17, 15) is 0 Å². The molecule has 0 aromatic carbocycles. The number of piperidine rings is 1. The van der Waals surface area contributed by atoms with Gasteiger partial charge in [-0.3, -0.25) is 4.90 Å². The Morgan fingerprint density at radius 1 is 1.07 bits per heavy atom. The molecule has 1 heterocycles. The van der Waals surface area contributed by atoms with Crippen LogP contribution < -0.4 is 5.73 Å². The summed E-state index contributed by atoms with van der Waals surface area (Å²) in [6.45, 7) is 5.24. The van der Waals surface area contributed by atoms with E-state index in [4.69, 9.17) is 5.73 Å². The Balaban J connectivity index is 0.000000461. The fourth-order valence-corrected chi connectivity index (χ4v) is 2.83. The molecule has 1 saturated carbocycles. The lowest BCUT2D eigenvalue weighted by Gasteiger charge is -2.43. The summed E-state index contributed by atoms with van der Waals surface area (Å²) in [7, 11) is 2.16. The zero-order valence-electron chi connectivity index (χ0n) is 10.00. The van der Waals surface area contributed by atoms with Crippen molar-refractivity contribution in [1.82, 2.24) is 4.90 Å². The van der Waals surface area contributed by atoms with E-state index in [0.717, 1.165) is 11.8 Å². The number of nitrogens with two attached hydrogens (primary N) is 1. The van der Waals surface area contributed by atoms with E-state index < -0.39 is 0 Å². The van der Waals surface area contributed by atoms with Gasteiger partial charge in [0.2, 0.25) is 0 Å². The van der Waals surface area contributed by atoms with Gasteiger partial charge in [0.25, 0.3) is 0 Å². The van der Waals surface area contributed by atoms with Crippen LogP contribution in [0.1, 0.15) is 46.0 Å². The Morgan fingerprint density at radius 3 is 2.29 bits per heavy atom. The van der Waals surface area contributed by atoms with E-state index in [-0.39, 0.29) is 0 Å². The number of hydrogen-bond acceptors (Lipinski definition) is 2. The van der Waals surface area contributed by atoms with Gasteiger partial charge in [-0.05, 0) is 31.7 Å². The van der Waals surface area contributed by atoms with Crippen molar-refractivity contribution in [3.8, 4) is 0 Å². The maximum Gasteiger partial charge on any atom is 0.0572 e. The van der Waals surface area contributed by atoms with Crippen LogP contribution in [0.4, 0.5) is 0 Å². The van der Waals surface area contributed by atoms with E-state index in [1.54, 1.807) is 0 Å². The second-order valence-electron chi connectivity index (χ2n) is 4.55. The van der Waals surface area contributed by atoms with Gasteiger partial charge in [0, 0.05) is 6.54 Å². The van der Waals surface area contributed by atoms with Crippen molar-refractivity contribution in [1.29, 1.82) is 0 Å². The number of rotatable bonds is 0. The van der Waals surface area contributed by atoms with Crippen LogP contribution in [0.25, 0.3) is 0 Å². The first-order valence-electron chi connectivity index (χ1n) is 6.23. The van der Waals surface area contributed by atoms with E-state index >= 15 is 0 Å². The first kappa shape index (κ1) is 12.0. The molecule has 0 radical (unpaired) electrons. The molecule has 2 rings (SSSR count). The average Bonchev–Trinajstić information content (AvgIpc) is 2.23. The van der Waals surface area contributed by atoms with Crippen LogP contribution in [0.15, 0.2) is 0 Å². The van der Waals surface area contributed by atoms with Crippen LogP contribution in [0.5, 0.6) is 0 Å². The predicted molar refractivity (Wildman–Crippen MR) is 62.0 cm³/mol. The minimum atomic E-state index is 0.337. The molecule has 1 saturated heterocycles. The Labute approximate surface area is 88.8 Å². The predicted octanol–water partition coefficient (Wildman–Crippen LogP) is 2.44. The third-order valence-corrected chi connectivity index (χ3v) is 3.70. The van der Waals surface area contributed by atoms with Crippen molar-refractivity contribution in [3.05, 3.63) is 0 Å². The first-order chi connectivity index (χ1) is 6.77. The van der Waals surface area contributed by atoms with Crippen LogP contribution in [0.3, 0.4) is 0 Å². The highest BCUT2D eigenvalue weighted by Crippen LogP contribution is 2.36. The summed E-state index contributed by atoms with van der Waals surface area (Å²) < 4.78 is 0. The summed E-state index contributed by atoms with van der Waals surface area (Å²) in [4.78, 5) is 2.33. The van der Waals surface area contributed by atoms with Gasteiger partial charge in [-0.1, -0.05) is 33.1 Å². The monoisotopic (exact) mass is 198 g/mol. The molecule has 0 bridgehead atoms. The van der Waals surface area contributed by atoms with Gasteiger partial charge >= 0.3 is 0 Å². The van der Waals surface area contributed by atoms with Crippen molar-refractivity contribution in [2.75, 3.05) is 13.6 Å². The Morgan fingerprint density at radius 2 is 1.64 bits per heavy atom. The minimum Gasteiger partial charge on any atom is -0.316 e. The summed E-state index contributed by atoms with van der Waals surface area (Å²) in [6, 6.07) is 0. The van der Waals surface area contributed by atoms with Crippen molar-refractivity contribution in [3.63, 3.8) is 0 Å². The highest BCUT2D eigenvalue weighted by molar-refractivity contribution is 4.85. The summed E-state index contributed by atoms with van der Waals surface area (Å²) in [5.41, 5.74) is 6.01. The summed E-state index contributed by atoms with van der Waals surface area (Å²) in [5, 5.41) is 0. The molecule has 0 amide bonds. The first-order valence-corrected chi connectivity index (χ1v) is 6.23. The fourth-order valence-electron chi connectivity index (χ4n) is 2.83. The maximum absolute atomic E-state index is 6.01. The molecule has 0 spiro atoms. The number of fused-ring (bicyclic) bond motifs is 1. The second kappa shape index (κ2) is 5.72. The molecule has 14 heavy (non-hydrogen) atoms. The number of nitrogens with zero attached hydrogens (tertiary/aromatic N) is 1. The van der Waals surface area contributed by atoms with Gasteiger partial charge < -0.3 is 5.73 Å². The fraction of sp³-hybridized carbons (Fsp3) is 1.00. The normalized spacial score (nSPS) is 38.1. The van der Waals surface area contributed by atoms with Gasteiger partial charge in [0.15, 0.2) is 0 Å². The number of likely N-dealkylation sites (tertiary alicyclic amines) is 1. The van der Waals surface area contributed by atoms with Gasteiger partial charge in [-0.2, -0.15) is 0 Å². The molecule has 3 unspecified atom stereocenters. The molecule has 2 nitrogen and oxygen atoms in total. The van der Waals surface area contributed by atoms with E-state index in [0.29, 0.717) is 6.17 Å². The molecule has 2 heteroatoms. The Hall–Kier alpha value is -0.0800. The maximum atomic E-state index is 6.01. The molecule has 2 aliphatic rings. The van der Waals surface area contributed by atoms with Crippen LogP contribution in [0.2, 0.25) is 0 Å². The lowest BCUT2D eigenvalue weighted by atomic mass is 9.74. The highest BCUT2D eigenvalue weighted by atomic mass is 15.2. The minimum absolute atomic E-state index is 0.337. The second-order valence-corrected chi connectivity index (χ2v) is 4.55. The lowest BCUT2D eigenvalue weighted by Crippen LogP contribution is -2.50. The van der Waals surface area contributed by atoms with Crippen LogP contribution >= 0.6 is 0 Å². The molecular formula is C12H26N2. The van der Waals surface area contributed by atoms with Gasteiger partial charge in [0.1, 0.15) is 0 Å². The third-order valence-electron chi connectivity index (χ3n) is 3.70. The standard InChI is InChI=1S/C10H20N2.C2H6/c1-12-7-9-5-3-2-4-8(9)6-10(12)11;1-2/h8-10H,2-7,11H2,1H3;1-2H3. The van der Waals surface area contributed by atoms with Crippen LogP contribution in [0, 0.1) is 11.8 Å². The van der Waals surface area contributed by atoms with E-state index in [1.807, 2.05) is 13.8 Å². The van der Waals surface area contributed by atoms with Crippen LogP contribution in [-0.2, 0) is 0 Å². The Kier molecular flexibility index (Phi) is 4.90. The average molecular weight is 198 g/mol. The Bertz CT molecular complexity index is 140. The molecule has 1 aliphatic carbocycles. The summed E-state index contributed by atoms with van der Waals surface area (Å²) >= 11 is 0. The molecular weight excluding hydrogens is 172 g/mol. The molecule has 0 aromatic rings. The molecule has 1 aliphatic heterocycles. The van der Waals surface area contributed by atoms with Crippen molar-refractivity contribution >= 4 is 0 Å². The molecule has 0 aromatic heterocycles. The third kappa shape index (κ3) is 2.71. The quantitative estimate of drug-likeness (QED) is 0.648. The largest absolute Gasteiger partial charge is 0.316 e.